The third-order valence-electron chi connectivity index (χ3n) is 6.14. The number of ether oxygens (including phenoxy) is 2. The van der Waals surface area contributed by atoms with Crippen molar-refractivity contribution in [1.29, 1.82) is 0 Å². The Bertz CT molecular complexity index is 703. The maximum Gasteiger partial charge on any atom is 0.251 e. The van der Waals surface area contributed by atoms with Crippen molar-refractivity contribution in [3.05, 3.63) is 23.8 Å². The Hall–Kier alpha value is -2.28. The van der Waals surface area contributed by atoms with Gasteiger partial charge in [-0.25, -0.2) is 0 Å². The molecule has 29 heavy (non-hydrogen) atoms. The van der Waals surface area contributed by atoms with E-state index < -0.39 is 0 Å². The van der Waals surface area contributed by atoms with E-state index in [0.29, 0.717) is 36.1 Å². The molecule has 7 nitrogen and oxygen atoms in total. The van der Waals surface area contributed by atoms with E-state index in [-0.39, 0.29) is 17.4 Å². The number of rotatable bonds is 8. The molecule has 1 aliphatic heterocycles. The van der Waals surface area contributed by atoms with Gasteiger partial charge in [0.1, 0.15) is 11.5 Å². The van der Waals surface area contributed by atoms with Crippen LogP contribution in [0.3, 0.4) is 0 Å². The molecule has 1 aliphatic carbocycles. The van der Waals surface area contributed by atoms with Gasteiger partial charge in [0.25, 0.3) is 5.91 Å². The number of nitrogens with one attached hydrogen (secondary N) is 2. The number of hydrogen-bond acceptors (Lipinski definition) is 5. The smallest absolute Gasteiger partial charge is 0.251 e. The molecule has 0 atom stereocenters. The number of carbonyl (C=O) groups is 2. The van der Waals surface area contributed by atoms with Gasteiger partial charge < -0.3 is 20.1 Å². The summed E-state index contributed by atoms with van der Waals surface area (Å²) in [6.45, 7) is 5.01. The van der Waals surface area contributed by atoms with E-state index in [9.17, 15) is 9.59 Å². The van der Waals surface area contributed by atoms with E-state index in [2.05, 4.69) is 22.5 Å². The van der Waals surface area contributed by atoms with E-state index in [1.807, 2.05) is 0 Å². The normalized spacial score (nSPS) is 19.1. The predicted octanol–water partition coefficient (Wildman–Crippen LogP) is 2.20. The first-order valence-electron chi connectivity index (χ1n) is 10.5. The maximum absolute atomic E-state index is 12.5. The molecule has 1 heterocycles. The lowest BCUT2D eigenvalue weighted by molar-refractivity contribution is -0.125. The van der Waals surface area contributed by atoms with E-state index in [0.717, 1.165) is 38.8 Å². The van der Waals surface area contributed by atoms with E-state index in [4.69, 9.17) is 9.47 Å². The molecule has 1 saturated heterocycles. The fourth-order valence-corrected chi connectivity index (χ4v) is 4.04. The van der Waals surface area contributed by atoms with Gasteiger partial charge in [-0.1, -0.05) is 0 Å². The fourth-order valence-electron chi connectivity index (χ4n) is 4.04. The number of likely N-dealkylation sites (tertiary alicyclic amines) is 1. The van der Waals surface area contributed by atoms with Gasteiger partial charge in [0, 0.05) is 23.7 Å². The molecule has 1 aromatic rings. The fraction of sp³-hybridized carbons (Fsp3) is 0.636. The lowest BCUT2D eigenvalue weighted by Crippen LogP contribution is -2.54. The minimum atomic E-state index is -0.127. The quantitative estimate of drug-likeness (QED) is 0.696. The second-order valence-electron chi connectivity index (χ2n) is 8.49. The van der Waals surface area contributed by atoms with Crippen LogP contribution in [0.1, 0.15) is 49.4 Å². The average molecular weight is 404 g/mol. The second-order valence-corrected chi connectivity index (χ2v) is 8.49. The highest BCUT2D eigenvalue weighted by Crippen LogP contribution is 2.30. The molecular formula is C22H33N3O4. The maximum atomic E-state index is 12.5. The van der Waals surface area contributed by atoms with Gasteiger partial charge in [-0.2, -0.15) is 0 Å². The minimum Gasteiger partial charge on any atom is -0.497 e. The molecule has 160 valence electrons. The summed E-state index contributed by atoms with van der Waals surface area (Å²) >= 11 is 0. The van der Waals surface area contributed by atoms with Gasteiger partial charge in [0.05, 0.1) is 20.8 Å². The molecule has 2 amide bonds. The lowest BCUT2D eigenvalue weighted by Gasteiger charge is -2.40. The summed E-state index contributed by atoms with van der Waals surface area (Å²) in [7, 11) is 3.13. The molecule has 0 unspecified atom stereocenters. The molecule has 0 radical (unpaired) electrons. The third kappa shape index (κ3) is 5.85. The lowest BCUT2D eigenvalue weighted by atomic mass is 9.78. The summed E-state index contributed by atoms with van der Waals surface area (Å²) in [4.78, 5) is 27.0. The molecule has 2 aliphatic rings. The average Bonchev–Trinajstić information content (AvgIpc) is 2.71. The number of hydrogen-bond donors (Lipinski definition) is 2. The summed E-state index contributed by atoms with van der Waals surface area (Å²) in [5, 5.41) is 6.20. The van der Waals surface area contributed by atoms with Gasteiger partial charge in [0.2, 0.25) is 5.91 Å². The van der Waals surface area contributed by atoms with Gasteiger partial charge in [-0.3, -0.25) is 14.5 Å². The Kier molecular flexibility index (Phi) is 7.00. The number of benzene rings is 1. The van der Waals surface area contributed by atoms with E-state index in [1.165, 1.54) is 6.42 Å². The van der Waals surface area contributed by atoms with Crippen molar-refractivity contribution in [2.45, 2.75) is 44.6 Å². The molecule has 2 N–H and O–H groups in total. The standard InChI is InChI=1S/C22H33N3O4/c1-22(7-4-8-22)24-20(26)15-25-9-5-16(6-10-25)14-23-21(27)17-11-18(28-2)13-19(12-17)29-3/h11-13,16H,4-10,14-15H2,1-3H3,(H,23,27)(H,24,26). The van der Waals surface area contributed by atoms with Crippen LogP contribution in [0.15, 0.2) is 18.2 Å². The Labute approximate surface area is 173 Å². The molecule has 1 aromatic carbocycles. The monoisotopic (exact) mass is 403 g/mol. The highest BCUT2D eigenvalue weighted by atomic mass is 16.5. The Morgan fingerprint density at radius 2 is 1.72 bits per heavy atom. The van der Waals surface area contributed by atoms with Gasteiger partial charge in [-0.05, 0) is 70.2 Å². The summed E-state index contributed by atoms with van der Waals surface area (Å²) in [5.41, 5.74) is 0.544. The van der Waals surface area contributed by atoms with Crippen LogP contribution in [-0.4, -0.2) is 62.7 Å². The topological polar surface area (TPSA) is 79.9 Å². The highest BCUT2D eigenvalue weighted by Gasteiger charge is 2.33. The van der Waals surface area contributed by atoms with E-state index in [1.54, 1.807) is 32.4 Å². The zero-order valence-corrected chi connectivity index (χ0v) is 17.8. The summed E-state index contributed by atoms with van der Waals surface area (Å²) < 4.78 is 10.5. The molecule has 2 fully saturated rings. The molecule has 0 aromatic heterocycles. The van der Waals surface area contributed by atoms with Gasteiger partial charge in [-0.15, -0.1) is 0 Å². The minimum absolute atomic E-state index is 0.0164. The van der Waals surface area contributed by atoms with Crippen LogP contribution in [0, 0.1) is 5.92 Å². The number of carbonyl (C=O) groups excluding carboxylic acids is 2. The number of piperidine rings is 1. The Balaban J connectivity index is 1.40. The molecular weight excluding hydrogens is 370 g/mol. The number of methoxy groups -OCH3 is 2. The van der Waals surface area contributed by atoms with Gasteiger partial charge >= 0.3 is 0 Å². The SMILES string of the molecule is COc1cc(OC)cc(C(=O)NCC2CCN(CC(=O)NC3(C)CCC3)CC2)c1. The van der Waals surface area contributed by atoms with Crippen LogP contribution in [0.5, 0.6) is 11.5 Å². The first-order chi connectivity index (χ1) is 13.9. The summed E-state index contributed by atoms with van der Waals surface area (Å²) in [5.74, 6) is 1.62. The number of amides is 2. The van der Waals surface area contributed by atoms with Crippen LogP contribution in [-0.2, 0) is 4.79 Å². The van der Waals surface area contributed by atoms with E-state index >= 15 is 0 Å². The first kappa shape index (κ1) is 21.4. The predicted molar refractivity (Wildman–Crippen MR) is 111 cm³/mol. The van der Waals surface area contributed by atoms with Crippen molar-refractivity contribution < 1.29 is 19.1 Å². The van der Waals surface area contributed by atoms with Crippen molar-refractivity contribution >= 4 is 11.8 Å². The van der Waals surface area contributed by atoms with Crippen LogP contribution >= 0.6 is 0 Å². The number of nitrogens with zero attached hydrogens (tertiary/aromatic N) is 1. The Morgan fingerprint density at radius 3 is 2.24 bits per heavy atom. The summed E-state index contributed by atoms with van der Waals surface area (Å²) in [6.07, 6.45) is 5.33. The Morgan fingerprint density at radius 1 is 1.10 bits per heavy atom. The second kappa shape index (κ2) is 9.48. The third-order valence-corrected chi connectivity index (χ3v) is 6.14. The summed E-state index contributed by atoms with van der Waals surface area (Å²) in [6, 6.07) is 5.16. The molecule has 1 saturated carbocycles. The molecule has 0 spiro atoms. The zero-order valence-electron chi connectivity index (χ0n) is 17.8. The van der Waals surface area contributed by atoms with Gasteiger partial charge in [0.15, 0.2) is 0 Å². The van der Waals surface area contributed by atoms with Crippen molar-refractivity contribution in [2.75, 3.05) is 40.4 Å². The van der Waals surface area contributed by atoms with Crippen molar-refractivity contribution in [1.82, 2.24) is 15.5 Å². The van der Waals surface area contributed by atoms with Crippen LogP contribution in [0.4, 0.5) is 0 Å². The molecule has 7 heteroatoms. The first-order valence-corrected chi connectivity index (χ1v) is 10.5. The molecule has 0 bridgehead atoms. The molecule has 3 rings (SSSR count). The van der Waals surface area contributed by atoms with Crippen molar-refractivity contribution in [3.63, 3.8) is 0 Å². The van der Waals surface area contributed by atoms with Crippen molar-refractivity contribution in [3.8, 4) is 11.5 Å². The van der Waals surface area contributed by atoms with Crippen molar-refractivity contribution in [2.24, 2.45) is 5.92 Å². The van der Waals surface area contributed by atoms with Crippen LogP contribution < -0.4 is 20.1 Å². The zero-order chi connectivity index (χ0) is 20.9. The van der Waals surface area contributed by atoms with Crippen LogP contribution in [0.2, 0.25) is 0 Å². The largest absolute Gasteiger partial charge is 0.497 e. The highest BCUT2D eigenvalue weighted by molar-refractivity contribution is 5.95. The van der Waals surface area contributed by atoms with Crippen LogP contribution in [0.25, 0.3) is 0 Å².